The van der Waals surface area contributed by atoms with E-state index < -0.39 is 6.09 Å². The number of rotatable bonds is 2. The fourth-order valence-electron chi connectivity index (χ4n) is 2.18. The Labute approximate surface area is 110 Å². The Kier molecular flexibility index (Phi) is 2.95. The molecule has 0 spiro atoms. The van der Waals surface area contributed by atoms with E-state index in [0.29, 0.717) is 6.54 Å². The van der Waals surface area contributed by atoms with E-state index in [2.05, 4.69) is 5.32 Å². The highest BCUT2D eigenvalue weighted by atomic mass is 16.6. The Balaban J connectivity index is 1.58. The van der Waals surface area contributed by atoms with Crippen molar-refractivity contribution < 1.29 is 14.3 Å². The van der Waals surface area contributed by atoms with Gasteiger partial charge < -0.3 is 10.1 Å². The molecular formula is C14H14N2O3. The van der Waals surface area contributed by atoms with Crippen LogP contribution in [0.15, 0.2) is 42.5 Å². The van der Waals surface area contributed by atoms with Crippen LogP contribution in [0, 0.1) is 5.92 Å². The lowest BCUT2D eigenvalue weighted by Gasteiger charge is -2.39. The third-order valence-electron chi connectivity index (χ3n) is 3.38. The first-order valence-electron chi connectivity index (χ1n) is 6.21. The van der Waals surface area contributed by atoms with E-state index in [1.54, 1.807) is 0 Å². The molecular weight excluding hydrogens is 244 g/mol. The third-order valence-corrected chi connectivity index (χ3v) is 3.38. The van der Waals surface area contributed by atoms with Crippen LogP contribution in [0.2, 0.25) is 0 Å². The minimum absolute atomic E-state index is 0.0747. The van der Waals surface area contributed by atoms with Crippen molar-refractivity contribution in [2.24, 2.45) is 5.92 Å². The van der Waals surface area contributed by atoms with Crippen molar-refractivity contribution in [3.8, 4) is 0 Å². The lowest BCUT2D eigenvalue weighted by molar-refractivity contribution is 0.0908. The van der Waals surface area contributed by atoms with Gasteiger partial charge in [0.05, 0.1) is 6.04 Å². The van der Waals surface area contributed by atoms with Crippen molar-refractivity contribution in [3.63, 3.8) is 0 Å². The van der Waals surface area contributed by atoms with Gasteiger partial charge in [-0.25, -0.2) is 14.5 Å². The number of imide groups is 1. The number of ether oxygens (including phenoxy) is 1. The number of benzene rings is 1. The Morgan fingerprint density at radius 2 is 2.11 bits per heavy atom. The van der Waals surface area contributed by atoms with Gasteiger partial charge in [0.2, 0.25) is 0 Å². The second-order valence-electron chi connectivity index (χ2n) is 4.67. The molecule has 5 nitrogen and oxygen atoms in total. The summed E-state index contributed by atoms with van der Waals surface area (Å²) in [6.45, 7) is 0.564. The van der Waals surface area contributed by atoms with Gasteiger partial charge in [0, 0.05) is 12.5 Å². The predicted molar refractivity (Wildman–Crippen MR) is 68.3 cm³/mol. The van der Waals surface area contributed by atoms with Crippen molar-refractivity contribution >= 4 is 12.1 Å². The Morgan fingerprint density at radius 1 is 1.32 bits per heavy atom. The van der Waals surface area contributed by atoms with E-state index in [9.17, 15) is 9.59 Å². The van der Waals surface area contributed by atoms with Gasteiger partial charge in [-0.05, 0) is 5.56 Å². The summed E-state index contributed by atoms with van der Waals surface area (Å²) in [7, 11) is 0. The van der Waals surface area contributed by atoms with Crippen molar-refractivity contribution in [1.29, 1.82) is 0 Å². The molecule has 1 aliphatic heterocycles. The van der Waals surface area contributed by atoms with Crippen LogP contribution in [0.3, 0.4) is 0 Å². The molecule has 5 heteroatoms. The number of hydrogen-bond acceptors (Lipinski definition) is 3. The highest BCUT2D eigenvalue weighted by molar-refractivity contribution is 5.92. The summed E-state index contributed by atoms with van der Waals surface area (Å²) in [5, 5.41) is 2.74. The Bertz CT molecular complexity index is 527. The van der Waals surface area contributed by atoms with Crippen LogP contribution in [-0.2, 0) is 11.3 Å². The minimum Gasteiger partial charge on any atom is -0.444 e. The number of carbonyl (C=O) groups is 2. The zero-order valence-electron chi connectivity index (χ0n) is 10.3. The Hall–Kier alpha value is -2.30. The molecule has 98 valence electrons. The molecule has 0 aromatic heterocycles. The fraction of sp³-hybridized carbons (Fsp3) is 0.286. The molecule has 1 aromatic rings. The van der Waals surface area contributed by atoms with Crippen LogP contribution < -0.4 is 5.32 Å². The van der Waals surface area contributed by atoms with Gasteiger partial charge >= 0.3 is 12.1 Å². The van der Waals surface area contributed by atoms with E-state index in [4.69, 9.17) is 4.74 Å². The summed E-state index contributed by atoms with van der Waals surface area (Å²) in [5.41, 5.74) is 0.898. The van der Waals surface area contributed by atoms with Crippen LogP contribution in [0.4, 0.5) is 9.59 Å². The number of amides is 3. The SMILES string of the molecule is O=C1N[C@H]2C=C[C@H]2CN1C(=O)OCc1ccccc1. The van der Waals surface area contributed by atoms with Crippen molar-refractivity contribution in [2.45, 2.75) is 12.6 Å². The molecule has 1 saturated heterocycles. The van der Waals surface area contributed by atoms with Gasteiger partial charge in [-0.2, -0.15) is 0 Å². The summed E-state index contributed by atoms with van der Waals surface area (Å²) in [4.78, 5) is 24.7. The van der Waals surface area contributed by atoms with Crippen LogP contribution >= 0.6 is 0 Å². The number of nitrogens with zero attached hydrogens (tertiary/aromatic N) is 1. The monoisotopic (exact) mass is 258 g/mol. The number of fused-ring (bicyclic) bond motifs is 1. The van der Waals surface area contributed by atoms with Gasteiger partial charge in [-0.3, -0.25) is 0 Å². The lowest BCUT2D eigenvalue weighted by Crippen LogP contribution is -2.59. The quantitative estimate of drug-likeness (QED) is 0.824. The van der Waals surface area contributed by atoms with Gasteiger partial charge in [0.15, 0.2) is 0 Å². The number of nitrogens with one attached hydrogen (secondary N) is 1. The predicted octanol–water partition coefficient (Wildman–Crippen LogP) is 1.90. The largest absolute Gasteiger partial charge is 0.444 e. The number of carbonyl (C=O) groups excluding carboxylic acids is 2. The maximum Gasteiger partial charge on any atom is 0.418 e. The normalized spacial score (nSPS) is 24.2. The molecule has 0 saturated carbocycles. The summed E-state index contributed by atoms with van der Waals surface area (Å²) < 4.78 is 5.15. The maximum absolute atomic E-state index is 11.9. The summed E-state index contributed by atoms with van der Waals surface area (Å²) in [6.07, 6.45) is 3.32. The summed E-state index contributed by atoms with van der Waals surface area (Å²) >= 11 is 0. The second-order valence-corrected chi connectivity index (χ2v) is 4.67. The molecule has 3 amide bonds. The molecule has 1 heterocycles. The molecule has 19 heavy (non-hydrogen) atoms. The molecule has 1 N–H and O–H groups in total. The van der Waals surface area contributed by atoms with Crippen LogP contribution in [0.25, 0.3) is 0 Å². The number of hydrogen-bond donors (Lipinski definition) is 1. The zero-order valence-corrected chi connectivity index (χ0v) is 10.3. The summed E-state index contributed by atoms with van der Waals surface area (Å²) in [5.74, 6) is 0.210. The third kappa shape index (κ3) is 2.31. The van der Waals surface area contributed by atoms with Gasteiger partial charge in [0.25, 0.3) is 0 Å². The van der Waals surface area contributed by atoms with E-state index >= 15 is 0 Å². The van der Waals surface area contributed by atoms with Crippen molar-refractivity contribution in [3.05, 3.63) is 48.0 Å². The smallest absolute Gasteiger partial charge is 0.418 e. The van der Waals surface area contributed by atoms with E-state index in [1.165, 1.54) is 0 Å². The van der Waals surface area contributed by atoms with Crippen LogP contribution in [0.1, 0.15) is 5.56 Å². The lowest BCUT2D eigenvalue weighted by atomic mass is 9.87. The highest BCUT2D eigenvalue weighted by Crippen LogP contribution is 2.24. The molecule has 1 fully saturated rings. The topological polar surface area (TPSA) is 58.6 Å². The van der Waals surface area contributed by atoms with Gasteiger partial charge in [-0.15, -0.1) is 0 Å². The molecule has 3 rings (SSSR count). The Morgan fingerprint density at radius 3 is 2.79 bits per heavy atom. The van der Waals surface area contributed by atoms with Gasteiger partial charge in [0.1, 0.15) is 6.61 Å². The second kappa shape index (κ2) is 4.76. The van der Waals surface area contributed by atoms with Gasteiger partial charge in [-0.1, -0.05) is 42.5 Å². The fourth-order valence-corrected chi connectivity index (χ4v) is 2.18. The highest BCUT2D eigenvalue weighted by Gasteiger charge is 2.38. The average molecular weight is 258 g/mol. The van der Waals surface area contributed by atoms with Crippen LogP contribution in [-0.4, -0.2) is 29.6 Å². The van der Waals surface area contributed by atoms with E-state index in [1.807, 2.05) is 42.5 Å². The first-order valence-corrected chi connectivity index (χ1v) is 6.21. The molecule has 2 atom stereocenters. The molecule has 0 bridgehead atoms. The summed E-state index contributed by atoms with van der Waals surface area (Å²) in [6, 6.07) is 9.07. The first kappa shape index (κ1) is 11.8. The molecule has 1 aromatic carbocycles. The standard InChI is InChI=1S/C14H14N2O3/c17-13-15-12-7-6-11(12)8-16(13)14(18)19-9-10-4-2-1-3-5-10/h1-7,11-12H,8-9H2,(H,15,17)/t11-,12-/m0/s1. The molecule has 2 aliphatic rings. The minimum atomic E-state index is -0.597. The molecule has 1 aliphatic carbocycles. The van der Waals surface area contributed by atoms with Crippen LogP contribution in [0.5, 0.6) is 0 Å². The maximum atomic E-state index is 11.9. The van der Waals surface area contributed by atoms with E-state index in [-0.39, 0.29) is 24.6 Å². The van der Waals surface area contributed by atoms with Crippen molar-refractivity contribution in [2.75, 3.05) is 6.54 Å². The van der Waals surface area contributed by atoms with E-state index in [0.717, 1.165) is 10.5 Å². The zero-order chi connectivity index (χ0) is 13.2. The molecule has 0 radical (unpaired) electrons. The first-order chi connectivity index (χ1) is 9.24. The molecule has 0 unspecified atom stereocenters. The number of urea groups is 1. The average Bonchev–Trinajstić information content (AvgIpc) is 2.41. The van der Waals surface area contributed by atoms with Crippen molar-refractivity contribution in [1.82, 2.24) is 10.2 Å².